The first-order chi connectivity index (χ1) is 11.3. The van der Waals surface area contributed by atoms with Crippen LogP contribution in [0.25, 0.3) is 11.1 Å². The minimum atomic E-state index is -0.206. The van der Waals surface area contributed by atoms with Crippen molar-refractivity contribution in [1.82, 2.24) is 9.80 Å². The zero-order valence-corrected chi connectivity index (χ0v) is 13.3. The van der Waals surface area contributed by atoms with Crippen LogP contribution in [0.4, 0.5) is 4.79 Å². The van der Waals surface area contributed by atoms with Crippen LogP contribution in [-0.4, -0.2) is 48.7 Å². The number of carbonyl (C=O) groups is 1. The van der Waals surface area contributed by atoms with Crippen LogP contribution in [0.15, 0.2) is 41.2 Å². The summed E-state index contributed by atoms with van der Waals surface area (Å²) >= 11 is 0. The van der Waals surface area contributed by atoms with E-state index in [9.17, 15) is 4.79 Å². The minimum absolute atomic E-state index is 0.206. The molecule has 5 nitrogen and oxygen atoms in total. The maximum Gasteiger partial charge on any atom is 0.409 e. The third kappa shape index (κ3) is 3.93. The Labute approximate surface area is 136 Å². The molecule has 0 bridgehead atoms. The Hall–Kier alpha value is -2.27. The third-order valence-electron chi connectivity index (χ3n) is 4.01. The number of piperazine rings is 1. The van der Waals surface area contributed by atoms with E-state index in [1.807, 2.05) is 25.1 Å². The molecule has 121 valence electrons. The van der Waals surface area contributed by atoms with Gasteiger partial charge in [-0.1, -0.05) is 0 Å². The summed E-state index contributed by atoms with van der Waals surface area (Å²) in [6.45, 7) is 6.25. The smallest absolute Gasteiger partial charge is 0.409 e. The van der Waals surface area contributed by atoms with E-state index in [1.165, 1.54) is 5.56 Å². The van der Waals surface area contributed by atoms with E-state index in [2.05, 4.69) is 17.0 Å². The fourth-order valence-corrected chi connectivity index (χ4v) is 2.77. The predicted octanol–water partition coefficient (Wildman–Crippen LogP) is 3.02. The van der Waals surface area contributed by atoms with E-state index in [1.54, 1.807) is 17.4 Å². The van der Waals surface area contributed by atoms with Gasteiger partial charge in [-0.15, -0.1) is 0 Å². The SMILES string of the molecule is CCOC(=O)N1CCN(Cc2c[c]cc(-c3ccoc3)c2)CC1. The zero-order valence-electron chi connectivity index (χ0n) is 13.3. The van der Waals surface area contributed by atoms with E-state index in [-0.39, 0.29) is 6.09 Å². The summed E-state index contributed by atoms with van der Waals surface area (Å²) in [7, 11) is 0. The predicted molar refractivity (Wildman–Crippen MR) is 86.9 cm³/mol. The first-order valence-electron chi connectivity index (χ1n) is 7.93. The molecule has 1 aliphatic heterocycles. The van der Waals surface area contributed by atoms with E-state index >= 15 is 0 Å². The van der Waals surface area contributed by atoms with Gasteiger partial charge in [0.05, 0.1) is 19.1 Å². The molecule has 1 amide bonds. The average molecular weight is 313 g/mol. The van der Waals surface area contributed by atoms with Crippen LogP contribution >= 0.6 is 0 Å². The Morgan fingerprint density at radius 3 is 2.78 bits per heavy atom. The number of rotatable bonds is 4. The highest BCUT2D eigenvalue weighted by Gasteiger charge is 2.21. The molecule has 3 rings (SSSR count). The lowest BCUT2D eigenvalue weighted by atomic mass is 10.1. The molecule has 0 unspecified atom stereocenters. The highest BCUT2D eigenvalue weighted by Crippen LogP contribution is 2.21. The number of hydrogen-bond donors (Lipinski definition) is 0. The van der Waals surface area contributed by atoms with Gasteiger partial charge < -0.3 is 14.1 Å². The summed E-state index contributed by atoms with van der Waals surface area (Å²) in [4.78, 5) is 15.8. The topological polar surface area (TPSA) is 45.9 Å². The van der Waals surface area contributed by atoms with Crippen LogP contribution in [0.1, 0.15) is 12.5 Å². The lowest BCUT2D eigenvalue weighted by Crippen LogP contribution is -2.48. The number of furan rings is 1. The number of carbonyl (C=O) groups excluding carboxylic acids is 1. The van der Waals surface area contributed by atoms with Gasteiger partial charge in [-0.05, 0) is 48.4 Å². The van der Waals surface area contributed by atoms with Crippen LogP contribution in [0.3, 0.4) is 0 Å². The Bertz CT molecular complexity index is 631. The van der Waals surface area contributed by atoms with Gasteiger partial charge in [0, 0.05) is 38.3 Å². The molecule has 1 fully saturated rings. The molecule has 2 heterocycles. The Morgan fingerprint density at radius 1 is 1.26 bits per heavy atom. The van der Waals surface area contributed by atoms with Crippen LogP contribution in [-0.2, 0) is 11.3 Å². The van der Waals surface area contributed by atoms with Crippen LogP contribution in [0.5, 0.6) is 0 Å². The quantitative estimate of drug-likeness (QED) is 0.870. The summed E-state index contributed by atoms with van der Waals surface area (Å²) in [6, 6.07) is 11.3. The van der Waals surface area contributed by atoms with Crippen molar-refractivity contribution in [2.24, 2.45) is 0 Å². The zero-order chi connectivity index (χ0) is 16.1. The normalized spacial score (nSPS) is 15.6. The molecule has 0 spiro atoms. The van der Waals surface area contributed by atoms with Crippen molar-refractivity contribution >= 4 is 6.09 Å². The van der Waals surface area contributed by atoms with Gasteiger partial charge in [-0.25, -0.2) is 4.79 Å². The van der Waals surface area contributed by atoms with Gasteiger partial charge >= 0.3 is 6.09 Å². The summed E-state index contributed by atoms with van der Waals surface area (Å²) < 4.78 is 10.2. The van der Waals surface area contributed by atoms with Gasteiger partial charge in [-0.2, -0.15) is 0 Å². The number of ether oxygens (including phenoxy) is 1. The van der Waals surface area contributed by atoms with Crippen molar-refractivity contribution in [3.8, 4) is 11.1 Å². The second-order valence-electron chi connectivity index (χ2n) is 5.60. The Balaban J connectivity index is 1.57. The van der Waals surface area contributed by atoms with E-state index in [4.69, 9.17) is 9.15 Å². The Morgan fingerprint density at radius 2 is 2.09 bits per heavy atom. The van der Waals surface area contributed by atoms with Gasteiger partial charge in [0.25, 0.3) is 0 Å². The maximum absolute atomic E-state index is 11.7. The molecular weight excluding hydrogens is 292 g/mol. The molecule has 1 aromatic carbocycles. The van der Waals surface area contributed by atoms with E-state index in [0.717, 1.165) is 30.8 Å². The molecule has 0 saturated carbocycles. The lowest BCUT2D eigenvalue weighted by Gasteiger charge is -2.34. The van der Waals surface area contributed by atoms with Crippen LogP contribution in [0.2, 0.25) is 0 Å². The summed E-state index contributed by atoms with van der Waals surface area (Å²) in [5, 5.41) is 0. The molecule has 1 saturated heterocycles. The van der Waals surface area contributed by atoms with Crippen molar-refractivity contribution in [2.45, 2.75) is 13.5 Å². The fraction of sp³-hybridized carbons (Fsp3) is 0.389. The third-order valence-corrected chi connectivity index (χ3v) is 4.01. The number of benzene rings is 1. The molecular formula is C18H21N2O3. The second kappa shape index (κ2) is 7.33. The van der Waals surface area contributed by atoms with Gasteiger partial charge in [0.1, 0.15) is 0 Å². The van der Waals surface area contributed by atoms with Crippen LogP contribution in [0, 0.1) is 6.07 Å². The molecule has 1 aliphatic rings. The fourth-order valence-electron chi connectivity index (χ4n) is 2.77. The highest BCUT2D eigenvalue weighted by atomic mass is 16.6. The Kier molecular flexibility index (Phi) is 4.98. The van der Waals surface area contributed by atoms with Gasteiger partial charge in [0.2, 0.25) is 0 Å². The first-order valence-corrected chi connectivity index (χ1v) is 7.93. The molecule has 1 radical (unpaired) electrons. The molecule has 1 aromatic heterocycles. The van der Waals surface area contributed by atoms with Crippen LogP contribution < -0.4 is 0 Å². The van der Waals surface area contributed by atoms with E-state index in [0.29, 0.717) is 19.7 Å². The summed E-state index contributed by atoms with van der Waals surface area (Å²) in [5.41, 5.74) is 3.39. The number of amides is 1. The molecule has 0 aliphatic carbocycles. The first kappa shape index (κ1) is 15.6. The molecule has 0 N–H and O–H groups in total. The van der Waals surface area contributed by atoms with Crippen molar-refractivity contribution in [3.05, 3.63) is 48.4 Å². The van der Waals surface area contributed by atoms with Gasteiger partial charge in [-0.3, -0.25) is 4.90 Å². The highest BCUT2D eigenvalue weighted by molar-refractivity contribution is 5.67. The molecule has 5 heteroatoms. The lowest BCUT2D eigenvalue weighted by molar-refractivity contribution is 0.0778. The van der Waals surface area contributed by atoms with Crippen molar-refractivity contribution in [2.75, 3.05) is 32.8 Å². The minimum Gasteiger partial charge on any atom is -0.472 e. The molecule has 0 atom stereocenters. The average Bonchev–Trinajstić information content (AvgIpc) is 3.11. The number of nitrogens with zero attached hydrogens (tertiary/aromatic N) is 2. The molecule has 23 heavy (non-hydrogen) atoms. The van der Waals surface area contributed by atoms with E-state index < -0.39 is 0 Å². The standard InChI is InChI=1S/C18H21N2O3/c1-2-23-18(21)20-9-7-19(8-10-20)13-15-4-3-5-16(12-15)17-6-11-22-14-17/h4-6,11-12,14H,2,7-10,13H2,1H3. The maximum atomic E-state index is 11.7. The summed E-state index contributed by atoms with van der Waals surface area (Å²) in [5.74, 6) is 0. The van der Waals surface area contributed by atoms with Gasteiger partial charge in [0.15, 0.2) is 0 Å². The second-order valence-corrected chi connectivity index (χ2v) is 5.60. The van der Waals surface area contributed by atoms with Crippen molar-refractivity contribution < 1.29 is 13.9 Å². The van der Waals surface area contributed by atoms with Crippen molar-refractivity contribution in [1.29, 1.82) is 0 Å². The molecule has 2 aromatic rings. The largest absolute Gasteiger partial charge is 0.472 e. The monoisotopic (exact) mass is 313 g/mol. The van der Waals surface area contributed by atoms with Crippen molar-refractivity contribution in [3.63, 3.8) is 0 Å². The summed E-state index contributed by atoms with van der Waals surface area (Å²) in [6.07, 6.45) is 3.21. The number of hydrogen-bond acceptors (Lipinski definition) is 4.